The Morgan fingerprint density at radius 2 is 2.03 bits per heavy atom. The van der Waals surface area contributed by atoms with Crippen LogP contribution in [0.5, 0.6) is 0 Å². The number of amides is 1. The van der Waals surface area contributed by atoms with Crippen LogP contribution < -0.4 is 5.32 Å². The fraction of sp³-hybridized carbons (Fsp3) is 0.643. The van der Waals surface area contributed by atoms with Crippen LogP contribution in [0.2, 0.25) is 0 Å². The monoisotopic (exact) mass is 497 g/mol. The van der Waals surface area contributed by atoms with E-state index >= 15 is 4.39 Å². The predicted octanol–water partition coefficient (Wildman–Crippen LogP) is 3.58. The van der Waals surface area contributed by atoms with E-state index < -0.39 is 17.8 Å². The van der Waals surface area contributed by atoms with Gasteiger partial charge in [-0.05, 0) is 80.1 Å². The molecule has 3 aliphatic heterocycles. The van der Waals surface area contributed by atoms with E-state index in [-0.39, 0.29) is 29.7 Å². The topological polar surface area (TPSA) is 83.9 Å². The number of anilines is 1. The molecule has 3 saturated heterocycles. The van der Waals surface area contributed by atoms with Crippen LogP contribution in [0.25, 0.3) is 10.8 Å². The number of aromatic nitrogens is 1. The number of hydrogen-bond acceptors (Lipinski definition) is 6. The molecule has 8 heteroatoms. The number of carbonyl (C=O) groups is 1. The predicted molar refractivity (Wildman–Crippen MR) is 135 cm³/mol. The zero-order valence-corrected chi connectivity index (χ0v) is 21.1. The summed E-state index contributed by atoms with van der Waals surface area (Å²) >= 11 is 0. The molecule has 4 fully saturated rings. The first-order chi connectivity index (χ1) is 17.3. The van der Waals surface area contributed by atoms with Crippen LogP contribution >= 0.6 is 0 Å². The van der Waals surface area contributed by atoms with Gasteiger partial charge in [0.1, 0.15) is 12.0 Å². The molecule has 0 radical (unpaired) electrons. The summed E-state index contributed by atoms with van der Waals surface area (Å²) in [5, 5.41) is 15.4. The van der Waals surface area contributed by atoms with Crippen LogP contribution in [0, 0.1) is 18.3 Å². The van der Waals surface area contributed by atoms with Crippen molar-refractivity contribution >= 4 is 22.5 Å². The van der Waals surface area contributed by atoms with E-state index in [1.807, 2.05) is 19.9 Å². The minimum Gasteiger partial charge on any atom is -0.389 e. The van der Waals surface area contributed by atoms with Gasteiger partial charge < -0.3 is 19.9 Å². The van der Waals surface area contributed by atoms with Crippen LogP contribution in [0.1, 0.15) is 49.7 Å². The van der Waals surface area contributed by atoms with Gasteiger partial charge in [-0.3, -0.25) is 9.69 Å². The first-order valence-corrected chi connectivity index (χ1v) is 13.2. The number of alkyl halides is 1. The lowest BCUT2D eigenvalue weighted by atomic mass is 9.82. The van der Waals surface area contributed by atoms with Crippen molar-refractivity contribution in [1.82, 2.24) is 9.88 Å². The van der Waals surface area contributed by atoms with Crippen LogP contribution in [0.15, 0.2) is 24.4 Å². The number of nitrogens with one attached hydrogen (secondary N) is 1. The molecule has 5 atom stereocenters. The molecule has 1 amide bonds. The molecule has 1 aliphatic carbocycles. The van der Waals surface area contributed by atoms with Crippen molar-refractivity contribution in [2.75, 3.05) is 44.8 Å². The molecule has 7 nitrogen and oxygen atoms in total. The lowest BCUT2D eigenvalue weighted by molar-refractivity contribution is -0.118. The number of nitrogens with zero attached hydrogens (tertiary/aromatic N) is 2. The second-order valence-electron chi connectivity index (χ2n) is 11.6. The second kappa shape index (κ2) is 9.01. The minimum atomic E-state index is -1.04. The number of aliphatic hydroxyl groups is 1. The number of carbonyl (C=O) groups excluding carboxylic acids is 1. The van der Waals surface area contributed by atoms with Crippen LogP contribution in [0.3, 0.4) is 0 Å². The molecule has 4 aliphatic rings. The Morgan fingerprint density at radius 3 is 2.75 bits per heavy atom. The molecule has 2 N–H and O–H groups in total. The van der Waals surface area contributed by atoms with Gasteiger partial charge in [0, 0.05) is 43.2 Å². The summed E-state index contributed by atoms with van der Waals surface area (Å²) in [7, 11) is 0. The maximum Gasteiger partial charge on any atom is 0.229 e. The summed E-state index contributed by atoms with van der Waals surface area (Å²) in [5.74, 6) is 0.417. The highest BCUT2D eigenvalue weighted by molar-refractivity contribution is 5.96. The molecule has 1 aromatic carbocycles. The largest absolute Gasteiger partial charge is 0.389 e. The Kier molecular flexibility index (Phi) is 6.06. The molecule has 1 aromatic heterocycles. The van der Waals surface area contributed by atoms with Crippen molar-refractivity contribution in [3.8, 4) is 0 Å². The van der Waals surface area contributed by atoms with Crippen molar-refractivity contribution in [2.24, 2.45) is 11.3 Å². The summed E-state index contributed by atoms with van der Waals surface area (Å²) in [4.78, 5) is 19.5. The van der Waals surface area contributed by atoms with Crippen LogP contribution in [-0.4, -0.2) is 78.2 Å². The van der Waals surface area contributed by atoms with Crippen molar-refractivity contribution in [2.45, 2.75) is 63.3 Å². The quantitative estimate of drug-likeness (QED) is 0.672. The van der Waals surface area contributed by atoms with Gasteiger partial charge in [0.15, 0.2) is 0 Å². The summed E-state index contributed by atoms with van der Waals surface area (Å²) in [6.45, 7) is 7.20. The molecule has 1 saturated carbocycles. The first kappa shape index (κ1) is 24.2. The van der Waals surface area contributed by atoms with Gasteiger partial charge in [0.05, 0.1) is 24.9 Å². The first-order valence-electron chi connectivity index (χ1n) is 13.2. The highest BCUT2D eigenvalue weighted by atomic mass is 19.1. The molecular formula is C28H36FN3O4. The number of rotatable bonds is 4. The number of hydrogen-bond donors (Lipinski definition) is 2. The Morgan fingerprint density at radius 1 is 1.22 bits per heavy atom. The van der Waals surface area contributed by atoms with E-state index in [9.17, 15) is 9.90 Å². The summed E-state index contributed by atoms with van der Waals surface area (Å²) < 4.78 is 26.5. The second-order valence-corrected chi connectivity index (χ2v) is 11.6. The van der Waals surface area contributed by atoms with Gasteiger partial charge in [-0.25, -0.2) is 9.37 Å². The van der Waals surface area contributed by atoms with E-state index in [4.69, 9.17) is 9.47 Å². The standard InChI is InChI=1S/C28H36FN3O4/c1-17-9-19-13-30-25(31-26(34)22-12-28(22)4-7-35-8-5-28)11-18(19)10-21(17)20-3-6-32(14-23(20)29)27(2)16-36-15-24(27)33/h9-11,13,20,22-24,33H,3-8,12,14-16H2,1-2H3,(H,30,31,34). The Hall–Kier alpha value is -2.13. The number of halogens is 1. The lowest BCUT2D eigenvalue weighted by Gasteiger charge is -2.45. The highest BCUT2D eigenvalue weighted by Crippen LogP contribution is 2.59. The molecule has 2 aromatic rings. The van der Waals surface area contributed by atoms with E-state index in [2.05, 4.69) is 27.3 Å². The number of likely N-dealkylation sites (tertiary alicyclic amines) is 1. The third kappa shape index (κ3) is 4.12. The summed E-state index contributed by atoms with van der Waals surface area (Å²) in [6.07, 6.45) is 3.67. The van der Waals surface area contributed by atoms with Crippen LogP contribution in [0.4, 0.5) is 10.2 Å². The van der Waals surface area contributed by atoms with Gasteiger partial charge in [0.2, 0.25) is 5.91 Å². The summed E-state index contributed by atoms with van der Waals surface area (Å²) in [6, 6.07) is 6.04. The number of fused-ring (bicyclic) bond motifs is 1. The van der Waals surface area contributed by atoms with Crippen molar-refractivity contribution in [3.05, 3.63) is 35.5 Å². The van der Waals surface area contributed by atoms with Crippen molar-refractivity contribution < 1.29 is 23.8 Å². The van der Waals surface area contributed by atoms with E-state index in [0.29, 0.717) is 32.0 Å². The number of ether oxygens (including phenoxy) is 2. The van der Waals surface area contributed by atoms with Gasteiger partial charge in [0.25, 0.3) is 0 Å². The average Bonchev–Trinajstić information content (AvgIpc) is 3.44. The molecule has 0 bridgehead atoms. The molecule has 36 heavy (non-hydrogen) atoms. The fourth-order valence-corrected chi connectivity index (χ4v) is 6.73. The van der Waals surface area contributed by atoms with E-state index in [1.165, 1.54) is 0 Å². The van der Waals surface area contributed by atoms with Gasteiger partial charge >= 0.3 is 0 Å². The number of aliphatic hydroxyl groups excluding tert-OH is 1. The van der Waals surface area contributed by atoms with Crippen molar-refractivity contribution in [1.29, 1.82) is 0 Å². The van der Waals surface area contributed by atoms with Gasteiger partial charge in [-0.2, -0.15) is 0 Å². The highest BCUT2D eigenvalue weighted by Gasteiger charge is 2.58. The Labute approximate surface area is 211 Å². The average molecular weight is 498 g/mol. The molecule has 6 rings (SSSR count). The van der Waals surface area contributed by atoms with Crippen LogP contribution in [-0.2, 0) is 14.3 Å². The lowest BCUT2D eigenvalue weighted by Crippen LogP contribution is -2.58. The third-order valence-electron chi connectivity index (χ3n) is 9.40. The number of benzene rings is 1. The molecule has 4 heterocycles. The molecule has 5 unspecified atom stereocenters. The molecule has 194 valence electrons. The smallest absolute Gasteiger partial charge is 0.229 e. The minimum absolute atomic E-state index is 0.0376. The van der Waals surface area contributed by atoms with Gasteiger partial charge in [-0.1, -0.05) is 6.07 Å². The number of pyridine rings is 1. The zero-order valence-electron chi connectivity index (χ0n) is 21.1. The number of piperidine rings is 1. The van der Waals surface area contributed by atoms with E-state index in [0.717, 1.165) is 54.4 Å². The Bertz CT molecular complexity index is 1170. The molecule has 1 spiro atoms. The normalized spacial score (nSPS) is 34.2. The molecular weight excluding hydrogens is 461 g/mol. The van der Waals surface area contributed by atoms with Crippen molar-refractivity contribution in [3.63, 3.8) is 0 Å². The SMILES string of the molecule is Cc1cc2cnc(NC(=O)C3CC34CCOCC4)cc2cc1C1CCN(C2(C)COCC2O)CC1F. The fourth-order valence-electron chi connectivity index (χ4n) is 6.73. The summed E-state index contributed by atoms with van der Waals surface area (Å²) in [5.41, 5.74) is 1.65. The van der Waals surface area contributed by atoms with Gasteiger partial charge in [-0.15, -0.1) is 0 Å². The zero-order chi connectivity index (χ0) is 25.1. The number of aryl methyl sites for hydroxylation is 1. The Balaban J connectivity index is 1.18. The van der Waals surface area contributed by atoms with E-state index in [1.54, 1.807) is 6.20 Å². The maximum absolute atomic E-state index is 15.6. The maximum atomic E-state index is 15.6. The third-order valence-corrected chi connectivity index (χ3v) is 9.40.